The van der Waals surface area contributed by atoms with Crippen LogP contribution in [0.2, 0.25) is 0 Å². The quantitative estimate of drug-likeness (QED) is 0.331. The molecule has 0 aliphatic carbocycles. The van der Waals surface area contributed by atoms with Crippen LogP contribution >= 0.6 is 0 Å². The lowest BCUT2D eigenvalue weighted by Gasteiger charge is -2.20. The molecule has 32 heavy (non-hydrogen) atoms. The van der Waals surface area contributed by atoms with Crippen LogP contribution in [0.4, 0.5) is 10.1 Å². The van der Waals surface area contributed by atoms with Gasteiger partial charge in [0.2, 0.25) is 0 Å². The number of aromatic nitrogens is 3. The first kappa shape index (κ1) is 19.7. The summed E-state index contributed by atoms with van der Waals surface area (Å²) < 4.78 is 14.9. The molecule has 0 saturated carbocycles. The lowest BCUT2D eigenvalue weighted by molar-refractivity contribution is 0.630. The molecule has 5 heteroatoms. The van der Waals surface area contributed by atoms with Crippen molar-refractivity contribution in [1.82, 2.24) is 15.2 Å². The third-order valence-electron chi connectivity index (χ3n) is 5.45. The van der Waals surface area contributed by atoms with Gasteiger partial charge in [0.1, 0.15) is 5.82 Å². The minimum absolute atomic E-state index is 0.208. The molecule has 0 saturated heterocycles. The van der Waals surface area contributed by atoms with Crippen LogP contribution in [0.3, 0.4) is 0 Å². The highest BCUT2D eigenvalue weighted by Crippen LogP contribution is 2.32. The van der Waals surface area contributed by atoms with Gasteiger partial charge in [-0.2, -0.15) is 5.10 Å². The maximum absolute atomic E-state index is 14.9. The van der Waals surface area contributed by atoms with Gasteiger partial charge in [-0.3, -0.25) is 10.1 Å². The molecule has 0 bridgehead atoms. The summed E-state index contributed by atoms with van der Waals surface area (Å²) in [5.74, 6) is -0.256. The second-order valence-corrected chi connectivity index (χ2v) is 7.53. The SMILES string of the molecule is Fc1ccc(C(Nc2cccnc2)c2cn[nH]c2)cc1-c1ccc(-c2ccccc2)cc1. The van der Waals surface area contributed by atoms with Crippen LogP contribution in [0.15, 0.2) is 110 Å². The predicted octanol–water partition coefficient (Wildman–Crippen LogP) is 6.48. The van der Waals surface area contributed by atoms with Gasteiger partial charge >= 0.3 is 0 Å². The Kier molecular flexibility index (Phi) is 5.45. The Morgan fingerprint density at radius 3 is 2.25 bits per heavy atom. The molecule has 1 atom stereocenters. The number of nitrogens with one attached hydrogen (secondary N) is 2. The molecule has 5 rings (SSSR count). The Morgan fingerprint density at radius 2 is 1.53 bits per heavy atom. The molecule has 156 valence electrons. The van der Waals surface area contributed by atoms with E-state index in [2.05, 4.69) is 32.6 Å². The highest BCUT2D eigenvalue weighted by atomic mass is 19.1. The van der Waals surface area contributed by atoms with E-state index in [1.807, 2.05) is 66.9 Å². The van der Waals surface area contributed by atoms with Gasteiger partial charge in [-0.25, -0.2) is 4.39 Å². The fourth-order valence-electron chi connectivity index (χ4n) is 3.81. The lowest BCUT2D eigenvalue weighted by atomic mass is 9.95. The summed E-state index contributed by atoms with van der Waals surface area (Å²) in [6, 6.07) is 27.0. The molecule has 0 radical (unpaired) electrons. The molecule has 0 spiro atoms. The van der Waals surface area contributed by atoms with Gasteiger partial charge in [-0.1, -0.05) is 60.7 Å². The fraction of sp³-hybridized carbons (Fsp3) is 0.0370. The summed E-state index contributed by atoms with van der Waals surface area (Å²) in [5.41, 5.74) is 6.37. The van der Waals surface area contributed by atoms with Crippen LogP contribution in [0, 0.1) is 5.82 Å². The number of aromatic amines is 1. The molecule has 2 N–H and O–H groups in total. The molecular weight excluding hydrogens is 399 g/mol. The summed E-state index contributed by atoms with van der Waals surface area (Å²) in [6.45, 7) is 0. The zero-order valence-corrected chi connectivity index (χ0v) is 17.2. The Hall–Kier alpha value is -4.25. The van der Waals surface area contributed by atoms with Crippen LogP contribution in [0.5, 0.6) is 0 Å². The van der Waals surface area contributed by atoms with Crippen molar-refractivity contribution in [2.24, 2.45) is 0 Å². The third-order valence-corrected chi connectivity index (χ3v) is 5.45. The van der Waals surface area contributed by atoms with E-state index in [9.17, 15) is 4.39 Å². The summed E-state index contributed by atoms with van der Waals surface area (Å²) in [6.07, 6.45) is 7.10. The van der Waals surface area contributed by atoms with Gasteiger partial charge < -0.3 is 5.32 Å². The van der Waals surface area contributed by atoms with E-state index >= 15 is 0 Å². The van der Waals surface area contributed by atoms with Gasteiger partial charge in [0.05, 0.1) is 17.9 Å². The van der Waals surface area contributed by atoms with Crippen LogP contribution in [0.25, 0.3) is 22.3 Å². The number of pyridine rings is 1. The number of hydrogen-bond donors (Lipinski definition) is 2. The molecule has 5 aromatic rings. The predicted molar refractivity (Wildman–Crippen MR) is 126 cm³/mol. The van der Waals surface area contributed by atoms with Crippen molar-refractivity contribution in [3.8, 4) is 22.3 Å². The second kappa shape index (κ2) is 8.86. The molecule has 1 unspecified atom stereocenters. The average molecular weight is 420 g/mol. The standard InChI is InChI=1S/C27H21FN4/c28-26-13-12-22(27(23-16-30-31-17-23)32-24-7-4-14-29-18-24)15-25(26)21-10-8-20(9-11-21)19-5-2-1-3-6-19/h1-18,27,32H,(H,30,31). The van der Waals surface area contributed by atoms with Gasteiger partial charge in [0.15, 0.2) is 0 Å². The van der Waals surface area contributed by atoms with E-state index in [1.54, 1.807) is 24.7 Å². The van der Waals surface area contributed by atoms with Crippen molar-refractivity contribution in [2.45, 2.75) is 6.04 Å². The average Bonchev–Trinajstić information content (AvgIpc) is 3.39. The maximum Gasteiger partial charge on any atom is 0.131 e. The topological polar surface area (TPSA) is 53.6 Å². The Morgan fingerprint density at radius 1 is 0.750 bits per heavy atom. The normalized spacial score (nSPS) is 11.8. The van der Waals surface area contributed by atoms with Crippen molar-refractivity contribution in [2.75, 3.05) is 5.32 Å². The first-order valence-electron chi connectivity index (χ1n) is 10.4. The highest BCUT2D eigenvalue weighted by Gasteiger charge is 2.18. The van der Waals surface area contributed by atoms with Crippen molar-refractivity contribution in [3.63, 3.8) is 0 Å². The molecule has 2 aromatic heterocycles. The minimum atomic E-state index is -0.256. The summed E-state index contributed by atoms with van der Waals surface area (Å²) >= 11 is 0. The van der Waals surface area contributed by atoms with E-state index in [1.165, 1.54) is 6.07 Å². The zero-order chi connectivity index (χ0) is 21.8. The molecule has 3 aromatic carbocycles. The van der Waals surface area contributed by atoms with Crippen LogP contribution in [0.1, 0.15) is 17.2 Å². The van der Waals surface area contributed by atoms with E-state index in [0.29, 0.717) is 5.56 Å². The summed E-state index contributed by atoms with van der Waals surface area (Å²) in [5, 5.41) is 10.4. The first-order valence-corrected chi connectivity index (χ1v) is 10.4. The Balaban J connectivity index is 1.51. The fourth-order valence-corrected chi connectivity index (χ4v) is 3.81. The molecule has 2 heterocycles. The molecule has 0 fully saturated rings. The van der Waals surface area contributed by atoms with Crippen LogP contribution in [-0.2, 0) is 0 Å². The van der Waals surface area contributed by atoms with Gasteiger partial charge in [0, 0.05) is 29.7 Å². The van der Waals surface area contributed by atoms with Crippen LogP contribution in [-0.4, -0.2) is 15.2 Å². The largest absolute Gasteiger partial charge is 0.373 e. The monoisotopic (exact) mass is 420 g/mol. The first-order chi connectivity index (χ1) is 15.8. The lowest BCUT2D eigenvalue weighted by Crippen LogP contribution is -2.12. The molecule has 0 aliphatic rings. The number of nitrogens with zero attached hydrogens (tertiary/aromatic N) is 2. The van der Waals surface area contributed by atoms with E-state index in [4.69, 9.17) is 0 Å². The zero-order valence-electron chi connectivity index (χ0n) is 17.2. The van der Waals surface area contributed by atoms with Gasteiger partial charge in [-0.15, -0.1) is 0 Å². The second-order valence-electron chi connectivity index (χ2n) is 7.53. The molecule has 0 aliphatic heterocycles. The summed E-state index contributed by atoms with van der Waals surface area (Å²) in [4.78, 5) is 4.18. The molecular formula is C27H21FN4. The highest BCUT2D eigenvalue weighted by molar-refractivity contribution is 5.71. The molecule has 4 nitrogen and oxygen atoms in total. The maximum atomic E-state index is 14.9. The Labute approximate surface area is 185 Å². The number of halogens is 1. The van der Waals surface area contributed by atoms with Crippen molar-refractivity contribution in [3.05, 3.63) is 127 Å². The van der Waals surface area contributed by atoms with Gasteiger partial charge in [0.25, 0.3) is 0 Å². The number of rotatable bonds is 6. The van der Waals surface area contributed by atoms with Gasteiger partial charge in [-0.05, 0) is 46.5 Å². The van der Waals surface area contributed by atoms with Crippen molar-refractivity contribution >= 4 is 5.69 Å². The Bertz CT molecular complexity index is 1290. The minimum Gasteiger partial charge on any atom is -0.373 e. The molecule has 0 amide bonds. The van der Waals surface area contributed by atoms with Crippen molar-refractivity contribution in [1.29, 1.82) is 0 Å². The summed E-state index contributed by atoms with van der Waals surface area (Å²) in [7, 11) is 0. The number of benzene rings is 3. The smallest absolute Gasteiger partial charge is 0.131 e. The van der Waals surface area contributed by atoms with Crippen LogP contribution < -0.4 is 5.32 Å². The number of hydrogen-bond acceptors (Lipinski definition) is 3. The van der Waals surface area contributed by atoms with Crippen molar-refractivity contribution < 1.29 is 4.39 Å². The number of anilines is 1. The van der Waals surface area contributed by atoms with E-state index in [0.717, 1.165) is 33.5 Å². The third kappa shape index (κ3) is 4.14. The number of H-pyrrole nitrogens is 1. The van der Waals surface area contributed by atoms with E-state index in [-0.39, 0.29) is 11.9 Å². The van der Waals surface area contributed by atoms with E-state index < -0.39 is 0 Å².